The highest BCUT2D eigenvalue weighted by Crippen LogP contribution is 2.41. The van der Waals surface area contributed by atoms with E-state index in [1.807, 2.05) is 114 Å². The maximum atomic E-state index is 14.2. The number of amides is 3. The number of aliphatic carboxylic acids is 1. The van der Waals surface area contributed by atoms with Crippen molar-refractivity contribution in [3.8, 4) is 32.6 Å². The van der Waals surface area contributed by atoms with Gasteiger partial charge in [-0.3, -0.25) is 28.7 Å². The second-order valence-electron chi connectivity index (χ2n) is 18.4. The normalized spacial score (nSPS) is 18.1. The molecule has 8 rings (SSSR count). The Morgan fingerprint density at radius 2 is 1.59 bits per heavy atom. The molecule has 17 nitrogen and oxygen atoms in total. The number of thiophene rings is 1. The van der Waals surface area contributed by atoms with Gasteiger partial charge in [0.1, 0.15) is 29.0 Å². The average molecular weight is 959 g/mol. The first-order valence-electron chi connectivity index (χ1n) is 22.3. The molecule has 6 atom stereocenters. The van der Waals surface area contributed by atoms with Gasteiger partial charge >= 0.3 is 5.97 Å². The fraction of sp³-hybridized carbons (Fsp3) is 0.388. The number of benzene rings is 2. The van der Waals surface area contributed by atoms with E-state index in [0.717, 1.165) is 53.8 Å². The Morgan fingerprint density at radius 1 is 0.897 bits per heavy atom. The van der Waals surface area contributed by atoms with Crippen molar-refractivity contribution in [3.63, 3.8) is 0 Å². The minimum atomic E-state index is -1.05. The lowest BCUT2D eigenvalue weighted by Gasteiger charge is -2.35. The van der Waals surface area contributed by atoms with Crippen LogP contribution in [0.5, 0.6) is 5.88 Å². The number of carbonyl (C=O) groups excluding carboxylic acids is 3. The number of nitrogens with zero attached hydrogens (tertiary/aromatic N) is 8. The van der Waals surface area contributed by atoms with Crippen LogP contribution in [0, 0.1) is 39.0 Å². The monoisotopic (exact) mass is 958 g/mol. The lowest BCUT2D eigenvalue weighted by Crippen LogP contribution is -2.58. The summed E-state index contributed by atoms with van der Waals surface area (Å²) in [6, 6.07) is 12.3. The van der Waals surface area contributed by atoms with Crippen molar-refractivity contribution < 1.29 is 34.1 Å². The van der Waals surface area contributed by atoms with Crippen molar-refractivity contribution in [2.24, 2.45) is 16.3 Å². The van der Waals surface area contributed by atoms with E-state index < -0.39 is 65.9 Å². The van der Waals surface area contributed by atoms with Crippen molar-refractivity contribution in [2.45, 2.75) is 99.0 Å². The Morgan fingerprint density at radius 3 is 2.22 bits per heavy atom. The largest absolute Gasteiger partial charge is 0.481 e. The molecular formula is C49H54N10O7S2. The SMILES string of the molecule is Cc1ncsc1-c1ccc([C@H](C)NC(=O)[C@@H]2C[C@@H](O)CN2C(=O)[C@@H](NC(=O)COc2cnc(-c3ccc(C4=N[C@@H](C(C)C(=O)O)c5nnc(C)n5-c5sc(C)c(C)c54)cc3)cn2)C(C)(C)C)cc1. The number of carbonyl (C=O) groups is 4. The van der Waals surface area contributed by atoms with Crippen LogP contribution in [0.15, 0.2) is 71.4 Å². The number of ether oxygens (including phenoxy) is 1. The molecule has 0 spiro atoms. The fourth-order valence-electron chi connectivity index (χ4n) is 8.51. The number of carboxylic acid groups (broad SMARTS) is 1. The summed E-state index contributed by atoms with van der Waals surface area (Å²) < 4.78 is 7.64. The number of thiazole rings is 1. The molecule has 6 heterocycles. The summed E-state index contributed by atoms with van der Waals surface area (Å²) in [7, 11) is 0. The van der Waals surface area contributed by atoms with Gasteiger partial charge in [0, 0.05) is 34.5 Å². The first kappa shape index (κ1) is 47.8. The van der Waals surface area contributed by atoms with Gasteiger partial charge < -0.3 is 30.5 Å². The molecule has 0 saturated carbocycles. The van der Waals surface area contributed by atoms with Crippen molar-refractivity contribution >= 4 is 52.1 Å². The number of carboxylic acids is 1. The maximum Gasteiger partial charge on any atom is 0.308 e. The molecule has 6 aromatic rings. The minimum Gasteiger partial charge on any atom is -0.481 e. The molecule has 354 valence electrons. The van der Waals surface area contributed by atoms with E-state index in [1.54, 1.807) is 29.6 Å². The number of β-amino-alcohol motifs (C(OH)–C–C–N with tert-alkyl or cyclic N) is 1. The lowest BCUT2D eigenvalue weighted by molar-refractivity contribution is -0.144. The molecule has 3 amide bonds. The third kappa shape index (κ3) is 9.55. The molecule has 0 aliphatic carbocycles. The topological polar surface area (TPSA) is 227 Å². The van der Waals surface area contributed by atoms with Crippen LogP contribution in [0.25, 0.3) is 26.7 Å². The number of hydrogen-bond acceptors (Lipinski definition) is 14. The number of rotatable bonds is 13. The lowest BCUT2D eigenvalue weighted by atomic mass is 9.85. The minimum absolute atomic E-state index is 0.0572. The summed E-state index contributed by atoms with van der Waals surface area (Å²) >= 11 is 3.16. The summed E-state index contributed by atoms with van der Waals surface area (Å²) in [6.07, 6.45) is 2.08. The summed E-state index contributed by atoms with van der Waals surface area (Å²) in [5.41, 5.74) is 8.59. The molecule has 4 aromatic heterocycles. The predicted octanol–water partition coefficient (Wildman–Crippen LogP) is 6.50. The number of aliphatic hydroxyl groups is 1. The molecular weight excluding hydrogens is 905 g/mol. The molecule has 1 unspecified atom stereocenters. The van der Waals surface area contributed by atoms with Crippen molar-refractivity contribution in [2.75, 3.05) is 13.2 Å². The summed E-state index contributed by atoms with van der Waals surface area (Å²) in [5.74, 6) is -2.11. The van der Waals surface area contributed by atoms with E-state index in [2.05, 4.69) is 35.8 Å². The van der Waals surface area contributed by atoms with Gasteiger partial charge in [-0.15, -0.1) is 32.9 Å². The first-order valence-corrected chi connectivity index (χ1v) is 24.0. The Bertz CT molecular complexity index is 2900. The van der Waals surface area contributed by atoms with Crippen LogP contribution in [-0.4, -0.2) is 106 Å². The van der Waals surface area contributed by atoms with E-state index in [9.17, 15) is 29.4 Å². The molecule has 4 N–H and O–H groups in total. The van der Waals surface area contributed by atoms with E-state index in [4.69, 9.17) is 9.73 Å². The molecule has 2 aromatic carbocycles. The highest BCUT2D eigenvalue weighted by atomic mass is 32.1. The molecule has 0 bridgehead atoms. The number of fused-ring (bicyclic) bond motifs is 3. The molecule has 2 aliphatic rings. The smallest absolute Gasteiger partial charge is 0.308 e. The molecule has 0 radical (unpaired) electrons. The van der Waals surface area contributed by atoms with Crippen LogP contribution in [0.3, 0.4) is 0 Å². The van der Waals surface area contributed by atoms with Crippen molar-refractivity contribution in [3.05, 3.63) is 111 Å². The fourth-order valence-corrected chi connectivity index (χ4v) is 10.5. The second kappa shape index (κ2) is 19.1. The molecule has 19 heteroatoms. The van der Waals surface area contributed by atoms with Gasteiger partial charge in [-0.1, -0.05) is 69.3 Å². The standard InChI is InChI=1S/C49H54N10O7S2/c1-24-28(5)68-47-39(24)41(55-40(25(2)48(64)65)44-57-56-29(6)59(44)47)32-14-12-31(13-15-32)35-19-51-38(20-50-35)66-22-37(61)54-43(49(7,8)9)46(63)58-21-34(60)18-36(58)45(62)53-26(3)30-10-16-33(17-11-30)42-27(4)52-23-67-42/h10-17,19-20,23,25-26,34,36,40,43,60H,18,21-22H2,1-9H3,(H,53,62)(H,54,61)(H,64,65)/t25?,26-,34+,36-,40-,43+/m0/s1. The number of likely N-dealkylation sites (tertiary alicyclic amines) is 1. The van der Waals surface area contributed by atoms with Crippen LogP contribution >= 0.6 is 22.7 Å². The first-order chi connectivity index (χ1) is 32.3. The van der Waals surface area contributed by atoms with Crippen LogP contribution in [0.1, 0.15) is 97.6 Å². The van der Waals surface area contributed by atoms with Crippen LogP contribution in [0.4, 0.5) is 0 Å². The molecule has 2 aliphatic heterocycles. The van der Waals surface area contributed by atoms with Gasteiger partial charge in [0.15, 0.2) is 12.4 Å². The molecule has 1 saturated heterocycles. The van der Waals surface area contributed by atoms with Crippen LogP contribution in [-0.2, 0) is 19.2 Å². The van der Waals surface area contributed by atoms with Crippen LogP contribution in [0.2, 0.25) is 0 Å². The van der Waals surface area contributed by atoms with Gasteiger partial charge in [0.05, 0.1) is 57.9 Å². The van der Waals surface area contributed by atoms with E-state index >= 15 is 0 Å². The van der Waals surface area contributed by atoms with E-state index in [1.165, 1.54) is 17.3 Å². The second-order valence-corrected chi connectivity index (χ2v) is 20.5. The number of aromatic nitrogens is 6. The van der Waals surface area contributed by atoms with Gasteiger partial charge in [-0.2, -0.15) is 0 Å². The van der Waals surface area contributed by atoms with E-state index in [-0.39, 0.29) is 24.9 Å². The highest BCUT2D eigenvalue weighted by Gasteiger charge is 2.45. The maximum absolute atomic E-state index is 14.2. The average Bonchev–Trinajstić information content (AvgIpc) is 4.08. The number of aryl methyl sites for hydroxylation is 3. The summed E-state index contributed by atoms with van der Waals surface area (Å²) in [5, 5.41) is 36.1. The van der Waals surface area contributed by atoms with Gasteiger partial charge in [-0.05, 0) is 63.6 Å². The number of nitrogens with one attached hydrogen (secondary N) is 2. The van der Waals surface area contributed by atoms with Gasteiger partial charge in [-0.25, -0.2) is 15.0 Å². The third-order valence-corrected chi connectivity index (χ3v) is 14.7. The zero-order chi connectivity index (χ0) is 48.8. The Kier molecular flexibility index (Phi) is 13.4. The third-order valence-electron chi connectivity index (χ3n) is 12.5. The zero-order valence-corrected chi connectivity index (χ0v) is 40.9. The van der Waals surface area contributed by atoms with E-state index in [0.29, 0.717) is 23.1 Å². The van der Waals surface area contributed by atoms with Crippen LogP contribution < -0.4 is 15.4 Å². The highest BCUT2D eigenvalue weighted by molar-refractivity contribution is 7.15. The molecule has 68 heavy (non-hydrogen) atoms. The number of hydrogen-bond donors (Lipinski definition) is 4. The summed E-state index contributed by atoms with van der Waals surface area (Å²) in [4.78, 5) is 75.5. The molecule has 1 fully saturated rings. The Labute approximate surface area is 401 Å². The predicted molar refractivity (Wildman–Crippen MR) is 258 cm³/mol. The quantitative estimate of drug-likeness (QED) is 0.0973. The Balaban J connectivity index is 0.909. The van der Waals surface area contributed by atoms with Gasteiger partial charge in [0.2, 0.25) is 17.7 Å². The number of aliphatic hydroxyl groups excluding tert-OH is 1. The number of aliphatic imine (C=N–C) groups is 1. The van der Waals surface area contributed by atoms with Crippen molar-refractivity contribution in [1.82, 2.24) is 45.2 Å². The summed E-state index contributed by atoms with van der Waals surface area (Å²) in [6.45, 7) is 16.3. The van der Waals surface area contributed by atoms with Crippen molar-refractivity contribution in [1.29, 1.82) is 0 Å². The zero-order valence-electron chi connectivity index (χ0n) is 39.3. The Hall–Kier alpha value is -6.70. The van der Waals surface area contributed by atoms with Gasteiger partial charge in [0.25, 0.3) is 5.91 Å².